The molecule has 0 spiro atoms. The molecule has 0 aliphatic carbocycles. The molecule has 4 aromatic rings. The number of nitrogens with one attached hydrogen (secondary N) is 1. The number of carbonyl (C=O) groups excluding carboxylic acids is 1. The molecule has 29 heavy (non-hydrogen) atoms. The monoisotopic (exact) mass is 405 g/mol. The van der Waals surface area contributed by atoms with E-state index in [4.69, 9.17) is 11.6 Å². The number of fused-ring (bicyclic) bond motifs is 1. The molecule has 0 aliphatic rings. The Hall–Kier alpha value is -3.25. The molecule has 2 heterocycles. The molecule has 2 aromatic carbocycles. The summed E-state index contributed by atoms with van der Waals surface area (Å²) in [7, 11) is 0. The Morgan fingerprint density at radius 1 is 1.00 bits per heavy atom. The van der Waals surface area contributed by atoms with E-state index in [0.29, 0.717) is 28.8 Å². The van der Waals surface area contributed by atoms with Crippen molar-refractivity contribution in [3.8, 4) is 0 Å². The third-order valence-corrected chi connectivity index (χ3v) is 5.10. The lowest BCUT2D eigenvalue weighted by Crippen LogP contribution is -2.24. The van der Waals surface area contributed by atoms with Crippen LogP contribution in [0.4, 0.5) is 0 Å². The van der Waals surface area contributed by atoms with Crippen LogP contribution >= 0.6 is 11.6 Å². The first kappa shape index (κ1) is 19.1. The van der Waals surface area contributed by atoms with Crippen LogP contribution in [0.25, 0.3) is 10.9 Å². The number of rotatable bonds is 5. The van der Waals surface area contributed by atoms with Crippen molar-refractivity contribution in [3.05, 3.63) is 88.1 Å². The molecule has 0 radical (unpaired) electrons. The van der Waals surface area contributed by atoms with Crippen LogP contribution in [0.15, 0.2) is 54.6 Å². The molecule has 0 unspecified atom stereocenters. The van der Waals surface area contributed by atoms with Crippen LogP contribution in [0.2, 0.25) is 5.15 Å². The average Bonchev–Trinajstić information content (AvgIpc) is 3.00. The number of para-hydroxylation sites is 1. The van der Waals surface area contributed by atoms with Crippen LogP contribution in [0, 0.1) is 13.8 Å². The van der Waals surface area contributed by atoms with Crippen molar-refractivity contribution in [2.24, 2.45) is 0 Å². The number of carbonyl (C=O) groups is 1. The van der Waals surface area contributed by atoms with Gasteiger partial charge in [0.25, 0.3) is 5.91 Å². The molecule has 0 aliphatic heterocycles. The van der Waals surface area contributed by atoms with Crippen LogP contribution in [0.1, 0.15) is 33.1 Å². The zero-order chi connectivity index (χ0) is 20.4. The fourth-order valence-corrected chi connectivity index (χ4v) is 3.61. The van der Waals surface area contributed by atoms with Gasteiger partial charge in [-0.15, -0.1) is 0 Å². The highest BCUT2D eigenvalue weighted by molar-refractivity contribution is 6.33. The van der Waals surface area contributed by atoms with E-state index < -0.39 is 0 Å². The number of aryl methyl sites for hydroxylation is 2. The molecule has 0 bridgehead atoms. The first-order chi connectivity index (χ1) is 14.0. The average molecular weight is 406 g/mol. The Labute approximate surface area is 173 Å². The number of halogens is 1. The van der Waals surface area contributed by atoms with Gasteiger partial charge >= 0.3 is 0 Å². The molecule has 146 valence electrons. The van der Waals surface area contributed by atoms with Gasteiger partial charge in [0, 0.05) is 11.1 Å². The SMILES string of the molecule is Cc1nn(Cc2ccccc2)c(Cl)c1C(=O)NCc1nc(C)c2ccccc2n1. The predicted molar refractivity (Wildman–Crippen MR) is 113 cm³/mol. The molecule has 6 nitrogen and oxygen atoms in total. The molecule has 2 aromatic heterocycles. The maximum atomic E-state index is 12.8. The van der Waals surface area contributed by atoms with Crippen LogP contribution in [0.3, 0.4) is 0 Å². The van der Waals surface area contributed by atoms with Gasteiger partial charge in [-0.25, -0.2) is 14.6 Å². The van der Waals surface area contributed by atoms with Crippen LogP contribution < -0.4 is 5.32 Å². The summed E-state index contributed by atoms with van der Waals surface area (Å²) >= 11 is 6.47. The largest absolute Gasteiger partial charge is 0.345 e. The fourth-order valence-electron chi connectivity index (χ4n) is 3.29. The zero-order valence-corrected chi connectivity index (χ0v) is 16.9. The molecule has 1 N–H and O–H groups in total. The molecule has 4 rings (SSSR count). The molecule has 0 saturated carbocycles. The molecule has 1 amide bonds. The quantitative estimate of drug-likeness (QED) is 0.543. The van der Waals surface area contributed by atoms with Gasteiger partial charge in [0.2, 0.25) is 0 Å². The molecule has 0 atom stereocenters. The molecular weight excluding hydrogens is 386 g/mol. The number of amides is 1. The minimum atomic E-state index is -0.291. The van der Waals surface area contributed by atoms with Gasteiger partial charge in [-0.05, 0) is 25.5 Å². The molecule has 7 heteroatoms. The Morgan fingerprint density at radius 3 is 2.52 bits per heavy atom. The third kappa shape index (κ3) is 3.98. The number of aromatic nitrogens is 4. The van der Waals surface area contributed by atoms with Crippen molar-refractivity contribution < 1.29 is 4.79 Å². The van der Waals surface area contributed by atoms with Gasteiger partial charge < -0.3 is 5.32 Å². The molecule has 0 saturated heterocycles. The number of hydrogen-bond acceptors (Lipinski definition) is 4. The van der Waals surface area contributed by atoms with E-state index in [1.807, 2.05) is 61.5 Å². The maximum Gasteiger partial charge on any atom is 0.256 e. The van der Waals surface area contributed by atoms with E-state index in [-0.39, 0.29) is 12.5 Å². The Morgan fingerprint density at radius 2 is 1.72 bits per heavy atom. The highest BCUT2D eigenvalue weighted by Gasteiger charge is 2.20. The smallest absolute Gasteiger partial charge is 0.256 e. The summed E-state index contributed by atoms with van der Waals surface area (Å²) in [4.78, 5) is 21.8. The summed E-state index contributed by atoms with van der Waals surface area (Å²) in [5.41, 5.74) is 3.75. The van der Waals surface area contributed by atoms with E-state index in [1.54, 1.807) is 11.6 Å². The van der Waals surface area contributed by atoms with Gasteiger partial charge in [0.05, 0.1) is 29.9 Å². The Kier molecular flexibility index (Phi) is 5.27. The predicted octanol–water partition coefficient (Wildman–Crippen LogP) is 4.07. The maximum absolute atomic E-state index is 12.8. The second-order valence-corrected chi connectivity index (χ2v) is 7.18. The first-order valence-electron chi connectivity index (χ1n) is 9.30. The Bertz CT molecular complexity index is 1190. The number of nitrogens with zero attached hydrogens (tertiary/aromatic N) is 4. The molecule has 0 fully saturated rings. The van der Waals surface area contributed by atoms with E-state index >= 15 is 0 Å². The summed E-state index contributed by atoms with van der Waals surface area (Å²) in [5, 5.41) is 8.62. The minimum absolute atomic E-state index is 0.212. The summed E-state index contributed by atoms with van der Waals surface area (Å²) in [6, 6.07) is 17.7. The highest BCUT2D eigenvalue weighted by Crippen LogP contribution is 2.21. The lowest BCUT2D eigenvalue weighted by atomic mass is 10.2. The van der Waals surface area contributed by atoms with Crippen molar-refractivity contribution in [2.75, 3.05) is 0 Å². The van der Waals surface area contributed by atoms with E-state index in [1.165, 1.54) is 0 Å². The fraction of sp³-hybridized carbons (Fsp3) is 0.182. The van der Waals surface area contributed by atoms with Crippen molar-refractivity contribution in [1.82, 2.24) is 25.1 Å². The van der Waals surface area contributed by atoms with E-state index in [9.17, 15) is 4.79 Å². The zero-order valence-electron chi connectivity index (χ0n) is 16.2. The summed E-state index contributed by atoms with van der Waals surface area (Å²) in [6.07, 6.45) is 0. The topological polar surface area (TPSA) is 72.7 Å². The van der Waals surface area contributed by atoms with Crippen molar-refractivity contribution in [3.63, 3.8) is 0 Å². The van der Waals surface area contributed by atoms with Gasteiger partial charge in [0.15, 0.2) is 0 Å². The lowest BCUT2D eigenvalue weighted by molar-refractivity contribution is 0.0949. The van der Waals surface area contributed by atoms with E-state index in [2.05, 4.69) is 20.4 Å². The van der Waals surface area contributed by atoms with Crippen LogP contribution in [-0.4, -0.2) is 25.7 Å². The minimum Gasteiger partial charge on any atom is -0.345 e. The lowest BCUT2D eigenvalue weighted by Gasteiger charge is -2.07. The van der Waals surface area contributed by atoms with Crippen molar-refractivity contribution in [1.29, 1.82) is 0 Å². The second kappa shape index (κ2) is 8.01. The van der Waals surface area contributed by atoms with E-state index in [0.717, 1.165) is 22.2 Å². The van der Waals surface area contributed by atoms with Gasteiger partial charge in [-0.1, -0.05) is 60.1 Å². The van der Waals surface area contributed by atoms with Gasteiger partial charge in [-0.3, -0.25) is 4.79 Å². The summed E-state index contributed by atoms with van der Waals surface area (Å²) in [6.45, 7) is 4.42. The standard InChI is InChI=1S/C22H20ClN5O/c1-14-17-10-6-7-11-18(17)26-19(25-14)12-24-22(29)20-15(2)27-28(21(20)23)13-16-8-4-3-5-9-16/h3-11H,12-13H2,1-2H3,(H,24,29). The highest BCUT2D eigenvalue weighted by atomic mass is 35.5. The van der Waals surface area contributed by atoms with Gasteiger partial charge in [0.1, 0.15) is 11.0 Å². The summed E-state index contributed by atoms with van der Waals surface area (Å²) < 4.78 is 1.64. The van der Waals surface area contributed by atoms with Crippen LogP contribution in [0.5, 0.6) is 0 Å². The van der Waals surface area contributed by atoms with Gasteiger partial charge in [-0.2, -0.15) is 5.10 Å². The number of hydrogen-bond donors (Lipinski definition) is 1. The van der Waals surface area contributed by atoms with Crippen molar-refractivity contribution >= 4 is 28.4 Å². The second-order valence-electron chi connectivity index (χ2n) is 6.82. The molecular formula is C22H20ClN5O. The normalized spacial score (nSPS) is 11.0. The first-order valence-corrected chi connectivity index (χ1v) is 9.68. The summed E-state index contributed by atoms with van der Waals surface area (Å²) in [5.74, 6) is 0.265. The van der Waals surface area contributed by atoms with Crippen LogP contribution in [-0.2, 0) is 13.1 Å². The third-order valence-electron chi connectivity index (χ3n) is 4.71. The van der Waals surface area contributed by atoms with Crippen molar-refractivity contribution in [2.45, 2.75) is 26.9 Å². The number of benzene rings is 2. The Balaban J connectivity index is 1.52.